The fourth-order valence-corrected chi connectivity index (χ4v) is 3.59. The normalized spacial score (nSPS) is 31.1. The molecule has 5 nitrogen and oxygen atoms in total. The van der Waals surface area contributed by atoms with Gasteiger partial charge in [0.15, 0.2) is 0 Å². The summed E-state index contributed by atoms with van der Waals surface area (Å²) in [6, 6.07) is -0.0814. The number of likely N-dealkylation sites (tertiary alicyclic amines) is 1. The van der Waals surface area contributed by atoms with Crippen LogP contribution < -0.4 is 11.5 Å². The number of hydrogen-bond acceptors (Lipinski definition) is 3. The van der Waals surface area contributed by atoms with Crippen LogP contribution in [0.15, 0.2) is 0 Å². The molecule has 0 radical (unpaired) electrons. The lowest BCUT2D eigenvalue weighted by molar-refractivity contribution is -0.141. The molecule has 4 N–H and O–H groups in total. The van der Waals surface area contributed by atoms with Crippen molar-refractivity contribution in [2.45, 2.75) is 69.9 Å². The molecule has 1 aliphatic heterocycles. The monoisotopic (exact) mass is 281 g/mol. The topological polar surface area (TPSA) is 89.4 Å². The standard InChI is InChI=1S/C15H27N3O2/c16-12-5-3-4-11(10-12)7-8-14(19)18-9-2-1-6-13(18)15(17)20/h11-13H,1-10,16H2,(H2,17,20). The zero-order valence-corrected chi connectivity index (χ0v) is 12.2. The molecule has 3 unspecified atom stereocenters. The van der Waals surface area contributed by atoms with Gasteiger partial charge in [-0.1, -0.05) is 12.8 Å². The molecule has 1 heterocycles. The van der Waals surface area contributed by atoms with E-state index in [1.54, 1.807) is 4.90 Å². The third kappa shape index (κ3) is 3.95. The van der Waals surface area contributed by atoms with Crippen LogP contribution in [-0.2, 0) is 9.59 Å². The summed E-state index contributed by atoms with van der Waals surface area (Å²) in [7, 11) is 0. The van der Waals surface area contributed by atoms with E-state index in [0.717, 1.165) is 38.5 Å². The Morgan fingerprint density at radius 3 is 2.60 bits per heavy atom. The molecule has 20 heavy (non-hydrogen) atoms. The summed E-state index contributed by atoms with van der Waals surface area (Å²) in [6.45, 7) is 0.677. The van der Waals surface area contributed by atoms with Crippen LogP contribution in [0.25, 0.3) is 0 Å². The summed E-state index contributed by atoms with van der Waals surface area (Å²) in [5, 5.41) is 0. The first-order valence-corrected chi connectivity index (χ1v) is 7.92. The van der Waals surface area contributed by atoms with Crippen molar-refractivity contribution in [3.8, 4) is 0 Å². The summed E-state index contributed by atoms with van der Waals surface area (Å²) >= 11 is 0. The zero-order valence-electron chi connectivity index (χ0n) is 12.2. The number of rotatable bonds is 4. The van der Waals surface area contributed by atoms with Crippen LogP contribution in [0.4, 0.5) is 0 Å². The lowest BCUT2D eigenvalue weighted by Crippen LogP contribution is -2.50. The second-order valence-electron chi connectivity index (χ2n) is 6.33. The molecule has 0 aromatic carbocycles. The molecule has 0 aromatic heterocycles. The molecule has 2 fully saturated rings. The minimum atomic E-state index is -0.384. The zero-order chi connectivity index (χ0) is 14.5. The van der Waals surface area contributed by atoms with Gasteiger partial charge in [0.2, 0.25) is 11.8 Å². The minimum Gasteiger partial charge on any atom is -0.368 e. The van der Waals surface area contributed by atoms with E-state index >= 15 is 0 Å². The maximum Gasteiger partial charge on any atom is 0.240 e. The Bertz CT molecular complexity index is 359. The molecule has 2 aliphatic rings. The second kappa shape index (κ2) is 7.07. The molecular formula is C15H27N3O2. The van der Waals surface area contributed by atoms with Crippen molar-refractivity contribution in [3.05, 3.63) is 0 Å². The smallest absolute Gasteiger partial charge is 0.240 e. The first-order valence-electron chi connectivity index (χ1n) is 7.92. The lowest BCUT2D eigenvalue weighted by Gasteiger charge is -2.34. The number of nitrogens with two attached hydrogens (primary N) is 2. The number of nitrogens with zero attached hydrogens (tertiary/aromatic N) is 1. The molecule has 5 heteroatoms. The second-order valence-corrected chi connectivity index (χ2v) is 6.33. The number of carbonyl (C=O) groups excluding carboxylic acids is 2. The lowest BCUT2D eigenvalue weighted by atomic mass is 9.83. The first kappa shape index (κ1) is 15.3. The Morgan fingerprint density at radius 2 is 1.90 bits per heavy atom. The van der Waals surface area contributed by atoms with E-state index in [4.69, 9.17) is 11.5 Å². The predicted octanol–water partition coefficient (Wildman–Crippen LogP) is 1.15. The van der Waals surface area contributed by atoms with Crippen molar-refractivity contribution in [1.82, 2.24) is 4.90 Å². The SMILES string of the molecule is NC(=O)C1CCCCN1C(=O)CCC1CCCC(N)C1. The molecule has 3 atom stereocenters. The van der Waals surface area contributed by atoms with E-state index in [2.05, 4.69) is 0 Å². The number of carbonyl (C=O) groups is 2. The van der Waals surface area contributed by atoms with Crippen LogP contribution in [0.2, 0.25) is 0 Å². The molecular weight excluding hydrogens is 254 g/mol. The molecule has 2 rings (SSSR count). The van der Waals surface area contributed by atoms with E-state index in [0.29, 0.717) is 24.9 Å². The van der Waals surface area contributed by atoms with Crippen LogP contribution >= 0.6 is 0 Å². The Labute approximate surface area is 121 Å². The predicted molar refractivity (Wildman–Crippen MR) is 77.7 cm³/mol. The third-order valence-corrected chi connectivity index (χ3v) is 4.74. The molecule has 0 aromatic rings. The highest BCUT2D eigenvalue weighted by atomic mass is 16.2. The van der Waals surface area contributed by atoms with E-state index < -0.39 is 0 Å². The van der Waals surface area contributed by atoms with Crippen molar-refractivity contribution in [1.29, 1.82) is 0 Å². The van der Waals surface area contributed by atoms with Crippen molar-refractivity contribution >= 4 is 11.8 Å². The fourth-order valence-electron chi connectivity index (χ4n) is 3.59. The Balaban J connectivity index is 1.82. The van der Waals surface area contributed by atoms with Gasteiger partial charge >= 0.3 is 0 Å². The van der Waals surface area contributed by atoms with E-state index in [-0.39, 0.29) is 17.9 Å². The molecule has 114 valence electrons. The number of primary amides is 1. The van der Waals surface area contributed by atoms with Crippen LogP contribution in [0.3, 0.4) is 0 Å². The van der Waals surface area contributed by atoms with Gasteiger partial charge in [-0.3, -0.25) is 9.59 Å². The van der Waals surface area contributed by atoms with Crippen molar-refractivity contribution in [2.75, 3.05) is 6.54 Å². The molecule has 0 bridgehead atoms. The van der Waals surface area contributed by atoms with Crippen molar-refractivity contribution < 1.29 is 9.59 Å². The van der Waals surface area contributed by atoms with Crippen LogP contribution in [0, 0.1) is 5.92 Å². The molecule has 2 amide bonds. The summed E-state index contributed by atoms with van der Waals surface area (Å²) in [5.41, 5.74) is 11.4. The van der Waals surface area contributed by atoms with Gasteiger partial charge in [0.25, 0.3) is 0 Å². The van der Waals surface area contributed by atoms with E-state index in [1.807, 2.05) is 0 Å². The summed E-state index contributed by atoms with van der Waals surface area (Å²) in [5.74, 6) is 0.296. The Kier molecular flexibility index (Phi) is 5.40. The maximum atomic E-state index is 12.3. The average molecular weight is 281 g/mol. The highest BCUT2D eigenvalue weighted by Gasteiger charge is 2.30. The highest BCUT2D eigenvalue weighted by Crippen LogP contribution is 2.27. The summed E-state index contributed by atoms with van der Waals surface area (Å²) in [4.78, 5) is 25.5. The largest absolute Gasteiger partial charge is 0.368 e. The number of piperidine rings is 1. The van der Waals surface area contributed by atoms with Gasteiger partial charge in [-0.25, -0.2) is 0 Å². The first-order chi connectivity index (χ1) is 9.58. The van der Waals surface area contributed by atoms with Gasteiger partial charge in [0, 0.05) is 19.0 Å². The van der Waals surface area contributed by atoms with E-state index in [1.165, 1.54) is 12.8 Å². The highest BCUT2D eigenvalue weighted by molar-refractivity contribution is 5.86. The van der Waals surface area contributed by atoms with E-state index in [9.17, 15) is 9.59 Å². The number of hydrogen-bond donors (Lipinski definition) is 2. The molecule has 1 aliphatic carbocycles. The van der Waals surface area contributed by atoms with Gasteiger partial charge in [0.05, 0.1) is 0 Å². The Morgan fingerprint density at radius 1 is 1.10 bits per heavy atom. The quantitative estimate of drug-likeness (QED) is 0.810. The summed E-state index contributed by atoms with van der Waals surface area (Å²) in [6.07, 6.45) is 8.60. The van der Waals surface area contributed by atoms with Gasteiger partial charge < -0.3 is 16.4 Å². The van der Waals surface area contributed by atoms with Crippen LogP contribution in [-0.4, -0.2) is 35.3 Å². The average Bonchev–Trinajstić information content (AvgIpc) is 2.45. The maximum absolute atomic E-state index is 12.3. The molecule has 1 saturated heterocycles. The van der Waals surface area contributed by atoms with Crippen molar-refractivity contribution in [2.24, 2.45) is 17.4 Å². The molecule has 0 spiro atoms. The van der Waals surface area contributed by atoms with Gasteiger partial charge in [-0.2, -0.15) is 0 Å². The number of amides is 2. The van der Waals surface area contributed by atoms with Gasteiger partial charge in [-0.15, -0.1) is 0 Å². The summed E-state index contributed by atoms with van der Waals surface area (Å²) < 4.78 is 0. The van der Waals surface area contributed by atoms with Crippen LogP contribution in [0.1, 0.15) is 57.8 Å². The van der Waals surface area contributed by atoms with Crippen molar-refractivity contribution in [3.63, 3.8) is 0 Å². The fraction of sp³-hybridized carbons (Fsp3) is 0.867. The minimum absolute atomic E-state index is 0.0904. The van der Waals surface area contributed by atoms with Crippen LogP contribution in [0.5, 0.6) is 0 Å². The third-order valence-electron chi connectivity index (χ3n) is 4.74. The molecule has 1 saturated carbocycles. The Hall–Kier alpha value is -1.10. The van der Waals surface area contributed by atoms with Gasteiger partial charge in [0.1, 0.15) is 6.04 Å². The van der Waals surface area contributed by atoms with Gasteiger partial charge in [-0.05, 0) is 44.4 Å².